The van der Waals surface area contributed by atoms with Gasteiger partial charge in [0.05, 0.1) is 28.0 Å². The Kier molecular flexibility index (Phi) is 7.56. The number of nitrogens with one attached hydrogen (secondary N) is 3. The third-order valence-electron chi connectivity index (χ3n) is 6.01. The lowest BCUT2D eigenvalue weighted by atomic mass is 9.99. The lowest BCUT2D eigenvalue weighted by Gasteiger charge is -2.20. The van der Waals surface area contributed by atoms with Gasteiger partial charge < -0.3 is 20.4 Å². The largest absolute Gasteiger partial charge is 0.456 e. The number of anilines is 2. The Bertz CT molecular complexity index is 1970. The van der Waals surface area contributed by atoms with Crippen molar-refractivity contribution in [2.24, 2.45) is 0 Å². The maximum Gasteiger partial charge on any atom is 0.339 e. The molecule has 0 radical (unpaired) electrons. The topological polar surface area (TPSA) is 169 Å². The molecule has 3 N–H and O–H groups in total. The molecule has 0 aliphatic heterocycles. The molecule has 0 aliphatic carbocycles. The van der Waals surface area contributed by atoms with Crippen molar-refractivity contribution in [3.63, 3.8) is 0 Å². The third-order valence-corrected chi connectivity index (χ3v) is 7.37. The second-order valence-corrected chi connectivity index (χ2v) is 12.8. The number of benzene rings is 3. The summed E-state index contributed by atoms with van der Waals surface area (Å²) in [4.78, 5) is 38.1. The van der Waals surface area contributed by atoms with Crippen LogP contribution in [0.15, 0.2) is 59.5 Å². The standard InChI is InChI=1S/C28H26ClN7O5S/c1-28(2,3)41-26(38)19-10-6-7-16-17(19)8-5-9-18(16)25(37)33-24-23(29)35-36-27(34-24)30-14-22-31-20-12-11-15(42(4,39)40)13-21(20)32-22/h5-13H,14H2,1-4H3,(H,31,32)(H2,30,33,34,36,37). The molecule has 0 fully saturated rings. The highest BCUT2D eigenvalue weighted by Gasteiger charge is 2.22. The van der Waals surface area contributed by atoms with Crippen molar-refractivity contribution in [1.82, 2.24) is 25.1 Å². The van der Waals surface area contributed by atoms with Crippen molar-refractivity contribution in [3.8, 4) is 0 Å². The Hall–Kier alpha value is -4.62. The number of amides is 1. The van der Waals surface area contributed by atoms with Gasteiger partial charge in [-0.15, -0.1) is 10.2 Å². The number of carbonyl (C=O) groups is 2. The molecule has 0 saturated carbocycles. The first kappa shape index (κ1) is 28.9. The lowest BCUT2D eigenvalue weighted by Crippen LogP contribution is -2.24. The van der Waals surface area contributed by atoms with Crippen LogP contribution in [0.5, 0.6) is 0 Å². The summed E-state index contributed by atoms with van der Waals surface area (Å²) in [7, 11) is -3.36. The number of rotatable bonds is 7. The Labute approximate surface area is 245 Å². The second kappa shape index (κ2) is 11.0. The number of H-pyrrole nitrogens is 1. The number of halogens is 1. The average molecular weight is 608 g/mol. The number of aromatic nitrogens is 5. The summed E-state index contributed by atoms with van der Waals surface area (Å²) in [5.41, 5.74) is 1.10. The van der Waals surface area contributed by atoms with E-state index in [0.29, 0.717) is 33.2 Å². The zero-order valence-electron chi connectivity index (χ0n) is 23.0. The highest BCUT2D eigenvalue weighted by Crippen LogP contribution is 2.26. The monoisotopic (exact) mass is 607 g/mol. The molecule has 0 atom stereocenters. The highest BCUT2D eigenvalue weighted by atomic mass is 35.5. The quantitative estimate of drug-likeness (QED) is 0.219. The predicted molar refractivity (Wildman–Crippen MR) is 158 cm³/mol. The van der Waals surface area contributed by atoms with Crippen molar-refractivity contribution >= 4 is 66.9 Å². The molecule has 0 aliphatic rings. The Morgan fingerprint density at radius 2 is 1.67 bits per heavy atom. The molecule has 0 spiro atoms. The van der Waals surface area contributed by atoms with Gasteiger partial charge in [-0.3, -0.25) is 4.79 Å². The minimum absolute atomic E-state index is 0.0260. The SMILES string of the molecule is CC(C)(C)OC(=O)c1cccc2c(C(=O)Nc3nc(NCc4nc5ccc(S(C)(=O)=O)cc5[nH]4)nnc3Cl)cccc12. The van der Waals surface area contributed by atoms with E-state index in [0.717, 1.165) is 6.26 Å². The van der Waals surface area contributed by atoms with Crippen LogP contribution in [0.25, 0.3) is 21.8 Å². The average Bonchev–Trinajstić information content (AvgIpc) is 3.33. The summed E-state index contributed by atoms with van der Waals surface area (Å²) in [6.45, 7) is 5.50. The van der Waals surface area contributed by atoms with E-state index >= 15 is 0 Å². The van der Waals surface area contributed by atoms with Crippen molar-refractivity contribution in [1.29, 1.82) is 0 Å². The molecule has 0 unspecified atom stereocenters. The van der Waals surface area contributed by atoms with Crippen LogP contribution in [-0.4, -0.2) is 57.3 Å². The molecule has 5 aromatic rings. The van der Waals surface area contributed by atoms with Crippen LogP contribution in [0, 0.1) is 0 Å². The molecular formula is C28H26ClN7O5S. The maximum absolute atomic E-state index is 13.3. The van der Waals surface area contributed by atoms with Crippen molar-refractivity contribution in [2.75, 3.05) is 16.9 Å². The van der Waals surface area contributed by atoms with Crippen LogP contribution in [0.3, 0.4) is 0 Å². The first-order valence-corrected chi connectivity index (χ1v) is 14.9. The number of hydrogen-bond acceptors (Lipinski definition) is 10. The summed E-state index contributed by atoms with van der Waals surface area (Å²) in [6.07, 6.45) is 1.13. The van der Waals surface area contributed by atoms with E-state index in [1.165, 1.54) is 12.1 Å². The van der Waals surface area contributed by atoms with Crippen molar-refractivity contribution in [3.05, 3.63) is 76.7 Å². The number of nitrogens with zero attached hydrogens (tertiary/aromatic N) is 4. The Balaban J connectivity index is 1.35. The number of esters is 1. The van der Waals surface area contributed by atoms with Gasteiger partial charge in [0.2, 0.25) is 5.95 Å². The van der Waals surface area contributed by atoms with E-state index in [1.807, 2.05) is 0 Å². The fraction of sp³-hybridized carbons (Fsp3) is 0.214. The third kappa shape index (κ3) is 6.31. The molecular weight excluding hydrogens is 582 g/mol. The van der Waals surface area contributed by atoms with Gasteiger partial charge in [-0.25, -0.2) is 18.2 Å². The van der Waals surface area contributed by atoms with E-state index in [1.54, 1.807) is 63.2 Å². The molecule has 216 valence electrons. The second-order valence-electron chi connectivity index (χ2n) is 10.4. The number of sulfone groups is 1. The summed E-state index contributed by atoms with van der Waals surface area (Å²) >= 11 is 6.19. The van der Waals surface area contributed by atoms with Crippen LogP contribution in [-0.2, 0) is 21.1 Å². The summed E-state index contributed by atoms with van der Waals surface area (Å²) < 4.78 is 29.2. The van der Waals surface area contributed by atoms with Gasteiger partial charge in [0.15, 0.2) is 20.8 Å². The summed E-state index contributed by atoms with van der Waals surface area (Å²) in [5.74, 6) is -0.478. The van der Waals surface area contributed by atoms with Gasteiger partial charge in [-0.1, -0.05) is 35.9 Å². The predicted octanol–water partition coefficient (Wildman–Crippen LogP) is 4.78. The summed E-state index contributed by atoms with van der Waals surface area (Å²) in [5, 5.41) is 14.4. The molecule has 5 rings (SSSR count). The first-order valence-electron chi connectivity index (χ1n) is 12.7. The van der Waals surface area contributed by atoms with Gasteiger partial charge in [0, 0.05) is 11.8 Å². The number of imidazole rings is 1. The molecule has 1 amide bonds. The van der Waals surface area contributed by atoms with E-state index in [-0.39, 0.29) is 33.9 Å². The molecule has 3 aromatic carbocycles. The fourth-order valence-corrected chi connectivity index (χ4v) is 4.95. The zero-order valence-corrected chi connectivity index (χ0v) is 24.6. The van der Waals surface area contributed by atoms with E-state index in [2.05, 4.69) is 35.8 Å². The van der Waals surface area contributed by atoms with Gasteiger partial charge >= 0.3 is 5.97 Å². The van der Waals surface area contributed by atoms with Gasteiger partial charge in [-0.05, 0) is 61.9 Å². The summed E-state index contributed by atoms with van der Waals surface area (Å²) in [6, 6.07) is 14.7. The minimum Gasteiger partial charge on any atom is -0.456 e. The molecule has 0 saturated heterocycles. The van der Waals surface area contributed by atoms with E-state index in [4.69, 9.17) is 16.3 Å². The number of ether oxygens (including phenoxy) is 1. The number of fused-ring (bicyclic) bond motifs is 2. The van der Waals surface area contributed by atoms with Crippen molar-refractivity contribution in [2.45, 2.75) is 37.8 Å². The lowest BCUT2D eigenvalue weighted by molar-refractivity contribution is 0.00716. The van der Waals surface area contributed by atoms with Gasteiger partial charge in [-0.2, -0.15) is 4.98 Å². The Morgan fingerprint density at radius 1 is 0.976 bits per heavy atom. The molecule has 0 bridgehead atoms. The molecule has 2 aromatic heterocycles. The number of aromatic amines is 1. The normalized spacial score (nSPS) is 11.9. The van der Waals surface area contributed by atoms with Gasteiger partial charge in [0.25, 0.3) is 5.91 Å². The highest BCUT2D eigenvalue weighted by molar-refractivity contribution is 7.90. The molecule has 12 nitrogen and oxygen atoms in total. The number of hydrogen-bond donors (Lipinski definition) is 3. The maximum atomic E-state index is 13.3. The van der Waals surface area contributed by atoms with Crippen LogP contribution in [0.1, 0.15) is 47.3 Å². The van der Waals surface area contributed by atoms with Crippen LogP contribution < -0.4 is 10.6 Å². The first-order chi connectivity index (χ1) is 19.8. The smallest absolute Gasteiger partial charge is 0.339 e. The fourth-order valence-electron chi connectivity index (χ4n) is 4.18. The van der Waals surface area contributed by atoms with Crippen LogP contribution in [0.4, 0.5) is 11.8 Å². The van der Waals surface area contributed by atoms with E-state index < -0.39 is 27.3 Å². The molecule has 42 heavy (non-hydrogen) atoms. The minimum atomic E-state index is -3.36. The van der Waals surface area contributed by atoms with E-state index in [9.17, 15) is 18.0 Å². The molecule has 2 heterocycles. The Morgan fingerprint density at radius 3 is 2.36 bits per heavy atom. The number of carbonyl (C=O) groups excluding carboxylic acids is 2. The zero-order chi connectivity index (χ0) is 30.2. The van der Waals surface area contributed by atoms with Crippen LogP contribution in [0.2, 0.25) is 5.15 Å². The molecule has 14 heteroatoms. The van der Waals surface area contributed by atoms with Crippen molar-refractivity contribution < 1.29 is 22.7 Å². The van der Waals surface area contributed by atoms with Gasteiger partial charge in [0.1, 0.15) is 11.4 Å². The van der Waals surface area contributed by atoms with Crippen LogP contribution >= 0.6 is 11.6 Å².